The first-order valence-corrected chi connectivity index (χ1v) is 17.5. The molecule has 1 heterocycles. The number of nitriles is 2. The Balaban J connectivity index is 0.000000389. The summed E-state index contributed by atoms with van der Waals surface area (Å²) in [6.07, 6.45) is 3.81. The van der Waals surface area contributed by atoms with Crippen molar-refractivity contribution in [3.63, 3.8) is 0 Å². The molecule has 4 N–H and O–H groups in total. The number of esters is 1. The zero-order valence-corrected chi connectivity index (χ0v) is 34.8. The summed E-state index contributed by atoms with van der Waals surface area (Å²) in [6.45, 7) is 25.3. The monoisotopic (exact) mass is 736 g/mol. The number of methoxy groups -OCH3 is 1. The number of ether oxygens (including phenoxy) is 1. The van der Waals surface area contributed by atoms with Gasteiger partial charge in [-0.05, 0) is 150 Å². The maximum atomic E-state index is 12.2. The minimum absolute atomic E-state index is 0.170. The Labute approximate surface area is 320 Å². The van der Waals surface area contributed by atoms with Crippen LogP contribution in [-0.2, 0) is 4.74 Å². The van der Waals surface area contributed by atoms with E-state index in [1.807, 2.05) is 114 Å². The van der Waals surface area contributed by atoms with E-state index < -0.39 is 5.97 Å². The van der Waals surface area contributed by atoms with Crippen molar-refractivity contribution < 1.29 is 19.4 Å². The summed E-state index contributed by atoms with van der Waals surface area (Å²) in [5, 5.41) is 26.2. The molecule has 1 aromatic heterocycles. The minimum Gasteiger partial charge on any atom is -0.478 e. The van der Waals surface area contributed by atoms with E-state index in [2.05, 4.69) is 9.98 Å². The number of carbonyl (C=O) groups excluding carboxylic acids is 1. The van der Waals surface area contributed by atoms with E-state index in [9.17, 15) is 14.4 Å². The number of aromatic nitrogens is 1. The van der Waals surface area contributed by atoms with E-state index in [1.54, 1.807) is 13.3 Å². The second-order valence-corrected chi connectivity index (χ2v) is 13.4. The van der Waals surface area contributed by atoms with Gasteiger partial charge < -0.3 is 25.5 Å². The third-order valence-electron chi connectivity index (χ3n) is 10.2. The first kappa shape index (κ1) is 46.1. The molecule has 0 radical (unpaired) electrons. The number of benzene rings is 3. The van der Waals surface area contributed by atoms with E-state index in [1.165, 1.54) is 18.9 Å². The Morgan fingerprint density at radius 1 is 0.796 bits per heavy atom. The molecule has 288 valence electrons. The molecule has 0 bridgehead atoms. The van der Waals surface area contributed by atoms with Crippen molar-refractivity contribution in [3.05, 3.63) is 99.9 Å². The fourth-order valence-corrected chi connectivity index (χ4v) is 5.80. The van der Waals surface area contributed by atoms with Gasteiger partial charge in [-0.25, -0.2) is 14.6 Å². The minimum atomic E-state index is -0.953. The zero-order chi connectivity index (χ0) is 41.9. The van der Waals surface area contributed by atoms with Gasteiger partial charge in [-0.1, -0.05) is 6.92 Å². The molecule has 11 heteroatoms. The predicted octanol–water partition coefficient (Wildman–Crippen LogP) is 8.68. The zero-order valence-electron chi connectivity index (χ0n) is 34.8. The van der Waals surface area contributed by atoms with Crippen molar-refractivity contribution in [2.75, 3.05) is 26.9 Å². The molecule has 0 aliphatic heterocycles. The highest BCUT2D eigenvalue weighted by Crippen LogP contribution is 2.33. The number of rotatable bonds is 4. The summed E-state index contributed by atoms with van der Waals surface area (Å²) >= 11 is 0. The third-order valence-corrected chi connectivity index (χ3v) is 10.2. The van der Waals surface area contributed by atoms with E-state index in [0.29, 0.717) is 28.7 Å². The smallest absolute Gasteiger partial charge is 0.340 e. The molecule has 0 spiro atoms. The summed E-state index contributed by atoms with van der Waals surface area (Å²) < 4.78 is 4.89. The van der Waals surface area contributed by atoms with Gasteiger partial charge in [0.25, 0.3) is 0 Å². The summed E-state index contributed by atoms with van der Waals surface area (Å²) in [7, 11) is 5.18. The lowest BCUT2D eigenvalue weighted by Gasteiger charge is -2.17. The van der Waals surface area contributed by atoms with Gasteiger partial charge in [0.05, 0.1) is 47.2 Å². The van der Waals surface area contributed by atoms with E-state index in [0.717, 1.165) is 66.7 Å². The van der Waals surface area contributed by atoms with Crippen LogP contribution in [-0.4, -0.2) is 54.5 Å². The second-order valence-electron chi connectivity index (χ2n) is 13.4. The number of fused-ring (bicyclic) bond motifs is 1. The number of nitrogens with zero attached hydrogens (tertiary/aromatic N) is 4. The summed E-state index contributed by atoms with van der Waals surface area (Å²) in [6, 6.07) is 3.85. The summed E-state index contributed by atoms with van der Waals surface area (Å²) in [5.41, 5.74) is 20.8. The van der Waals surface area contributed by atoms with Gasteiger partial charge in [0.15, 0.2) is 0 Å². The van der Waals surface area contributed by atoms with E-state index >= 15 is 0 Å². The van der Waals surface area contributed by atoms with Crippen LogP contribution >= 0.6 is 0 Å². The number of nitrogen functional groups attached to an aromatic ring is 1. The molecule has 4 rings (SSSR count). The summed E-state index contributed by atoms with van der Waals surface area (Å²) in [4.78, 5) is 44.5. The average molecular weight is 737 g/mol. The molecular weight excluding hydrogens is 681 g/mol. The highest BCUT2D eigenvalue weighted by Gasteiger charge is 2.21. The molecule has 11 nitrogen and oxygen atoms in total. The third kappa shape index (κ3) is 9.93. The van der Waals surface area contributed by atoms with Crippen LogP contribution in [0.5, 0.6) is 0 Å². The molecular formula is C43H56N6O5. The lowest BCUT2D eigenvalue weighted by Crippen LogP contribution is -2.11. The number of carbonyl (C=O) groups is 2. The predicted molar refractivity (Wildman–Crippen MR) is 219 cm³/mol. The molecule has 0 aliphatic rings. The number of hydrogen-bond acceptors (Lipinski definition) is 8. The number of nitrogens with two attached hydrogens (primary N) is 1. The standard InChI is InChI=1S/C15H22N2O2.C14H14N2O.C11H15NO2.C3H5N/c1-9-10(2)12(4)14(16-8-17(5)6)13(11(9)3)15(18)19-7;1-7-8(2)10(4)13-12(9(7)3)14(17)11(5-15)6-16-13;1-5-6(2)8(4)10(12)9(7(5)3)11(13)14;1-2-3-4/h8H,1-7H3;6H,1-4H3,(H,16,17);12H2,1-4H3,(H,13,14);2H2,1H3. The van der Waals surface area contributed by atoms with Crippen LogP contribution < -0.4 is 11.2 Å². The number of aliphatic imine (C=N–C) groups is 1. The number of hydrogen-bond donors (Lipinski definition) is 3. The Hall–Kier alpha value is -5.94. The number of pyridine rings is 1. The lowest BCUT2D eigenvalue weighted by atomic mass is 9.92. The molecule has 0 amide bonds. The Bertz CT molecular complexity index is 2220. The van der Waals surface area contributed by atoms with E-state index in [-0.39, 0.29) is 22.5 Å². The van der Waals surface area contributed by atoms with Crippen LogP contribution in [0.3, 0.4) is 0 Å². The number of carboxylic acid groups (broad SMARTS) is 1. The van der Waals surface area contributed by atoms with Crippen LogP contribution in [0.1, 0.15) is 106 Å². The van der Waals surface area contributed by atoms with Crippen molar-refractivity contribution in [3.8, 4) is 12.1 Å². The molecule has 0 unspecified atom stereocenters. The molecule has 3 aromatic carbocycles. The van der Waals surface area contributed by atoms with Crippen molar-refractivity contribution in [1.82, 2.24) is 9.88 Å². The molecule has 0 saturated heterocycles. The van der Waals surface area contributed by atoms with Crippen LogP contribution in [0.25, 0.3) is 10.9 Å². The Morgan fingerprint density at radius 2 is 1.24 bits per heavy atom. The van der Waals surface area contributed by atoms with Crippen molar-refractivity contribution in [1.29, 1.82) is 10.5 Å². The highest BCUT2D eigenvalue weighted by atomic mass is 16.5. The first-order valence-electron chi connectivity index (χ1n) is 17.5. The molecule has 0 saturated carbocycles. The Morgan fingerprint density at radius 3 is 1.69 bits per heavy atom. The maximum absolute atomic E-state index is 12.2. The fourth-order valence-electron chi connectivity index (χ4n) is 5.80. The van der Waals surface area contributed by atoms with Crippen molar-refractivity contribution in [2.24, 2.45) is 4.99 Å². The highest BCUT2D eigenvalue weighted by molar-refractivity contribution is 5.99. The fraction of sp³-hybridized carbons (Fsp3) is 0.395. The number of aromatic amines is 1. The largest absolute Gasteiger partial charge is 0.478 e. The lowest BCUT2D eigenvalue weighted by molar-refractivity contribution is 0.0599. The molecule has 0 fully saturated rings. The van der Waals surface area contributed by atoms with Crippen LogP contribution in [0.15, 0.2) is 16.0 Å². The number of nitrogens with one attached hydrogen (secondary N) is 1. The van der Waals surface area contributed by atoms with Gasteiger partial charge in [0, 0.05) is 32.4 Å². The average Bonchev–Trinajstić information content (AvgIpc) is 3.14. The number of H-pyrrole nitrogens is 1. The number of aromatic carboxylic acids is 1. The van der Waals surface area contributed by atoms with Gasteiger partial charge >= 0.3 is 11.9 Å². The maximum Gasteiger partial charge on any atom is 0.340 e. The molecule has 54 heavy (non-hydrogen) atoms. The quantitative estimate of drug-likeness (QED) is 0.0798. The SMILES string of the molecule is CCC#N.COC(=O)c1c(C)c(C)c(C)c(C)c1N=CN(C)C.Cc1c(C)c(C)c(C(=O)O)c(N)c1C.Cc1c(C)c(C)c2c(=O)c(C#N)c[nH]c2c1C. The topological polar surface area (TPSA) is 186 Å². The normalized spacial score (nSPS) is 10.2. The molecule has 0 atom stereocenters. The molecule has 0 aliphatic carbocycles. The van der Waals surface area contributed by atoms with Crippen molar-refractivity contribution in [2.45, 2.75) is 96.4 Å². The summed E-state index contributed by atoms with van der Waals surface area (Å²) in [5.74, 6) is -1.29. The van der Waals surface area contributed by atoms with Gasteiger partial charge in [0.2, 0.25) is 5.43 Å². The van der Waals surface area contributed by atoms with Gasteiger partial charge in [0.1, 0.15) is 11.6 Å². The van der Waals surface area contributed by atoms with Crippen molar-refractivity contribution >= 4 is 40.6 Å². The van der Waals surface area contributed by atoms with E-state index in [4.69, 9.17) is 26.1 Å². The van der Waals surface area contributed by atoms with Gasteiger partial charge in [-0.3, -0.25) is 4.79 Å². The molecule has 4 aromatic rings. The number of carboxylic acids is 1. The number of aryl methyl sites for hydroxylation is 2. The number of anilines is 1. The second kappa shape index (κ2) is 19.8. The van der Waals surface area contributed by atoms with Gasteiger partial charge in [-0.2, -0.15) is 10.5 Å². The Kier molecular flexibility index (Phi) is 16.9. The van der Waals surface area contributed by atoms with Gasteiger partial charge in [-0.15, -0.1) is 0 Å². The van der Waals surface area contributed by atoms with Crippen LogP contribution in [0.4, 0.5) is 11.4 Å². The van der Waals surface area contributed by atoms with Crippen LogP contribution in [0, 0.1) is 106 Å². The first-order chi connectivity index (χ1) is 25.1. The van der Waals surface area contributed by atoms with Crippen LogP contribution in [0.2, 0.25) is 0 Å².